The Morgan fingerprint density at radius 2 is 1.97 bits per heavy atom. The van der Waals surface area contributed by atoms with E-state index in [1.165, 1.54) is 12.1 Å². The Hall–Kier alpha value is -2.91. The van der Waals surface area contributed by atoms with Gasteiger partial charge in [0.2, 0.25) is 17.6 Å². The van der Waals surface area contributed by atoms with Gasteiger partial charge in [-0.05, 0) is 38.2 Å². The number of nitrogens with one attached hydrogen (secondary N) is 1. The number of carbonyl (C=O) groups excluding carboxylic acids is 1. The number of aromatic nitrogens is 2. The van der Waals surface area contributed by atoms with Gasteiger partial charge in [-0.25, -0.2) is 0 Å². The van der Waals surface area contributed by atoms with Crippen molar-refractivity contribution < 1.29 is 22.5 Å². The summed E-state index contributed by atoms with van der Waals surface area (Å²) in [5.74, 6) is -0.0811. The molecule has 30 heavy (non-hydrogen) atoms. The molecule has 3 aromatic rings. The van der Waals surface area contributed by atoms with Gasteiger partial charge < -0.3 is 9.84 Å². The highest BCUT2D eigenvalue weighted by Crippen LogP contribution is 2.32. The fourth-order valence-corrected chi connectivity index (χ4v) is 2.84. The Bertz CT molecular complexity index is 1040. The van der Waals surface area contributed by atoms with Gasteiger partial charge in [-0.2, -0.15) is 18.2 Å². The summed E-state index contributed by atoms with van der Waals surface area (Å²) in [4.78, 5) is 18.1. The normalized spacial score (nSPS) is 12.8. The highest BCUT2D eigenvalue weighted by Gasteiger charge is 2.31. The fraction of sp³-hybridized carbons (Fsp3) is 0.250. The zero-order chi connectivity index (χ0) is 21.9. The van der Waals surface area contributed by atoms with Gasteiger partial charge in [0.05, 0.1) is 28.9 Å². The van der Waals surface area contributed by atoms with E-state index in [0.717, 1.165) is 12.1 Å². The second-order valence-corrected chi connectivity index (χ2v) is 7.06. The van der Waals surface area contributed by atoms with Gasteiger partial charge >= 0.3 is 6.18 Å². The van der Waals surface area contributed by atoms with E-state index >= 15 is 0 Å². The zero-order valence-corrected chi connectivity index (χ0v) is 16.8. The third-order valence-corrected chi connectivity index (χ3v) is 4.78. The van der Waals surface area contributed by atoms with E-state index in [1.807, 2.05) is 0 Å². The molecule has 0 bridgehead atoms. The van der Waals surface area contributed by atoms with E-state index in [1.54, 1.807) is 43.1 Å². The van der Waals surface area contributed by atoms with Crippen molar-refractivity contribution in [3.8, 4) is 11.4 Å². The predicted molar refractivity (Wildman–Crippen MR) is 106 cm³/mol. The summed E-state index contributed by atoms with van der Waals surface area (Å²) in [6.07, 6.45) is -4.47. The monoisotopic (exact) mass is 438 g/mol. The van der Waals surface area contributed by atoms with E-state index < -0.39 is 17.8 Å². The Balaban J connectivity index is 1.68. The summed E-state index contributed by atoms with van der Waals surface area (Å²) in [5.41, 5.74) is -0.117. The maximum atomic E-state index is 12.9. The number of rotatable bonds is 6. The molecule has 1 amide bonds. The fourth-order valence-electron chi connectivity index (χ4n) is 2.66. The Morgan fingerprint density at radius 3 is 2.67 bits per heavy atom. The summed E-state index contributed by atoms with van der Waals surface area (Å²) >= 11 is 6.03. The summed E-state index contributed by atoms with van der Waals surface area (Å²) in [5, 5.41) is 6.91. The average molecular weight is 439 g/mol. The summed E-state index contributed by atoms with van der Waals surface area (Å²) in [7, 11) is 1.69. The second-order valence-electron chi connectivity index (χ2n) is 6.65. The number of nitrogens with zero attached hydrogens (tertiary/aromatic N) is 3. The molecular weight excluding hydrogens is 421 g/mol. The third-order valence-electron chi connectivity index (χ3n) is 4.45. The van der Waals surface area contributed by atoms with Crippen LogP contribution in [0.2, 0.25) is 5.02 Å². The molecule has 0 aliphatic rings. The van der Waals surface area contributed by atoms with Crippen molar-refractivity contribution in [2.45, 2.75) is 19.1 Å². The number of amides is 1. The van der Waals surface area contributed by atoms with Crippen LogP contribution in [-0.4, -0.2) is 34.5 Å². The zero-order valence-electron chi connectivity index (χ0n) is 16.1. The second kappa shape index (κ2) is 8.85. The minimum absolute atomic E-state index is 0.00760. The number of likely N-dealkylation sites (N-methyl/N-ethyl adjacent to an activating group) is 1. The summed E-state index contributed by atoms with van der Waals surface area (Å²) in [6, 6.07) is 11.1. The minimum atomic E-state index is -4.47. The first-order valence-electron chi connectivity index (χ1n) is 8.91. The van der Waals surface area contributed by atoms with Crippen molar-refractivity contribution >= 4 is 23.2 Å². The lowest BCUT2D eigenvalue weighted by atomic mass is 10.1. The number of benzene rings is 2. The average Bonchev–Trinajstić information content (AvgIpc) is 3.19. The van der Waals surface area contributed by atoms with Crippen LogP contribution >= 0.6 is 11.6 Å². The SMILES string of the molecule is C[C@H](c1nc(-c2cccc(C(F)(F)F)c2)no1)N(C)CC(=O)Nc1ccccc1Cl. The number of carbonyl (C=O) groups is 1. The topological polar surface area (TPSA) is 71.3 Å². The number of halogens is 4. The molecule has 158 valence electrons. The molecule has 0 radical (unpaired) electrons. The van der Waals surface area contributed by atoms with E-state index in [9.17, 15) is 18.0 Å². The van der Waals surface area contributed by atoms with Gasteiger partial charge in [-0.3, -0.25) is 9.69 Å². The highest BCUT2D eigenvalue weighted by molar-refractivity contribution is 6.33. The lowest BCUT2D eigenvalue weighted by molar-refractivity contribution is -0.137. The molecule has 10 heteroatoms. The Kier molecular flexibility index (Phi) is 6.42. The van der Waals surface area contributed by atoms with Crippen molar-refractivity contribution in [3.05, 3.63) is 65.0 Å². The van der Waals surface area contributed by atoms with Gasteiger partial charge in [0, 0.05) is 5.56 Å². The number of hydrogen-bond acceptors (Lipinski definition) is 5. The molecule has 3 rings (SSSR count). The van der Waals surface area contributed by atoms with Crippen LogP contribution in [0.3, 0.4) is 0 Å². The smallest absolute Gasteiger partial charge is 0.337 e. The van der Waals surface area contributed by atoms with Crippen LogP contribution in [0, 0.1) is 0 Å². The van der Waals surface area contributed by atoms with Crippen molar-refractivity contribution in [2.24, 2.45) is 0 Å². The van der Waals surface area contributed by atoms with Crippen molar-refractivity contribution in [1.29, 1.82) is 0 Å². The molecule has 1 atom stereocenters. The van der Waals surface area contributed by atoms with Gasteiger partial charge in [0.1, 0.15) is 0 Å². The van der Waals surface area contributed by atoms with Crippen LogP contribution < -0.4 is 5.32 Å². The number of alkyl halides is 3. The first-order chi connectivity index (χ1) is 14.1. The van der Waals surface area contributed by atoms with Gasteiger partial charge in [0.15, 0.2) is 0 Å². The lowest BCUT2D eigenvalue weighted by Gasteiger charge is -2.21. The maximum absolute atomic E-state index is 12.9. The molecule has 0 saturated carbocycles. The molecule has 1 aromatic heterocycles. The molecule has 0 aliphatic carbocycles. The molecule has 0 aliphatic heterocycles. The highest BCUT2D eigenvalue weighted by atomic mass is 35.5. The Labute approximate surface area is 175 Å². The van der Waals surface area contributed by atoms with Crippen LogP contribution in [0.4, 0.5) is 18.9 Å². The van der Waals surface area contributed by atoms with E-state index in [0.29, 0.717) is 10.7 Å². The predicted octanol–water partition coefficient (Wildman–Crippen LogP) is 5.04. The van der Waals surface area contributed by atoms with Crippen molar-refractivity contribution in [2.75, 3.05) is 18.9 Å². The molecular formula is C20H18ClF3N4O2. The molecule has 0 unspecified atom stereocenters. The maximum Gasteiger partial charge on any atom is 0.416 e. The number of anilines is 1. The van der Waals surface area contributed by atoms with Gasteiger partial charge in [-0.15, -0.1) is 0 Å². The van der Waals surface area contributed by atoms with Crippen LogP contribution in [-0.2, 0) is 11.0 Å². The van der Waals surface area contributed by atoms with Crippen LogP contribution in [0.1, 0.15) is 24.4 Å². The van der Waals surface area contributed by atoms with Gasteiger partial charge in [-0.1, -0.05) is 41.0 Å². The van der Waals surface area contributed by atoms with Crippen molar-refractivity contribution in [1.82, 2.24) is 15.0 Å². The third kappa shape index (κ3) is 5.17. The molecule has 1 heterocycles. The molecule has 1 N–H and O–H groups in total. The largest absolute Gasteiger partial charge is 0.416 e. The number of para-hydroxylation sites is 1. The molecule has 0 saturated heterocycles. The van der Waals surface area contributed by atoms with E-state index in [-0.39, 0.29) is 29.7 Å². The summed E-state index contributed by atoms with van der Waals surface area (Å²) < 4.78 is 43.9. The molecule has 0 spiro atoms. The quantitative estimate of drug-likeness (QED) is 0.583. The van der Waals surface area contributed by atoms with E-state index in [2.05, 4.69) is 15.5 Å². The first kappa shape index (κ1) is 21.8. The van der Waals surface area contributed by atoms with Crippen LogP contribution in [0.25, 0.3) is 11.4 Å². The minimum Gasteiger partial charge on any atom is -0.337 e. The first-order valence-corrected chi connectivity index (χ1v) is 9.29. The molecule has 6 nitrogen and oxygen atoms in total. The van der Waals surface area contributed by atoms with Crippen LogP contribution in [0.5, 0.6) is 0 Å². The van der Waals surface area contributed by atoms with Crippen LogP contribution in [0.15, 0.2) is 53.1 Å². The molecule has 0 fully saturated rings. The van der Waals surface area contributed by atoms with E-state index in [4.69, 9.17) is 16.1 Å². The summed E-state index contributed by atoms with van der Waals surface area (Å²) in [6.45, 7) is 1.75. The number of hydrogen-bond donors (Lipinski definition) is 1. The standard InChI is InChI=1S/C20H18ClF3N4O2/c1-12(28(2)11-17(29)25-16-9-4-3-8-15(16)21)19-26-18(27-30-19)13-6-5-7-14(10-13)20(22,23)24/h3-10,12H,11H2,1-2H3,(H,25,29)/t12-/m1/s1. The van der Waals surface area contributed by atoms with Gasteiger partial charge in [0.25, 0.3) is 0 Å². The van der Waals surface area contributed by atoms with Crippen molar-refractivity contribution in [3.63, 3.8) is 0 Å². The lowest BCUT2D eigenvalue weighted by Crippen LogP contribution is -2.32. The molecule has 2 aromatic carbocycles. The Morgan fingerprint density at radius 1 is 1.23 bits per heavy atom.